The molecule has 1 aromatic heterocycles. The molecule has 1 aliphatic rings. The van der Waals surface area contributed by atoms with Crippen LogP contribution in [0.4, 0.5) is 5.69 Å². The van der Waals surface area contributed by atoms with Gasteiger partial charge in [0.2, 0.25) is 15.9 Å². The summed E-state index contributed by atoms with van der Waals surface area (Å²) in [5.41, 5.74) is 0.105. The number of rotatable bonds is 7. The molecule has 38 heavy (non-hydrogen) atoms. The van der Waals surface area contributed by atoms with E-state index in [1.54, 1.807) is 48.5 Å². The topological polar surface area (TPSA) is 97.7 Å². The van der Waals surface area contributed by atoms with E-state index in [-0.39, 0.29) is 16.8 Å². The van der Waals surface area contributed by atoms with Crippen LogP contribution in [-0.2, 0) is 21.4 Å². The van der Waals surface area contributed by atoms with Crippen LogP contribution < -0.4 is 15.6 Å². The lowest BCUT2D eigenvalue weighted by atomic mass is 10.0. The van der Waals surface area contributed by atoms with Crippen molar-refractivity contribution in [2.75, 3.05) is 18.4 Å². The maximum absolute atomic E-state index is 13.6. The number of hydrogen-bond donors (Lipinski definition) is 1. The van der Waals surface area contributed by atoms with Crippen molar-refractivity contribution in [2.45, 2.75) is 31.2 Å². The van der Waals surface area contributed by atoms with Gasteiger partial charge in [-0.15, -0.1) is 0 Å². The highest BCUT2D eigenvalue weighted by Crippen LogP contribution is 2.28. The van der Waals surface area contributed by atoms with E-state index in [4.69, 9.17) is 4.74 Å². The Labute approximate surface area is 221 Å². The van der Waals surface area contributed by atoms with Crippen LogP contribution in [0.1, 0.15) is 19.8 Å². The summed E-state index contributed by atoms with van der Waals surface area (Å²) in [7, 11) is -3.85. The molecule has 1 aliphatic heterocycles. The van der Waals surface area contributed by atoms with Gasteiger partial charge in [0, 0.05) is 35.7 Å². The largest absolute Gasteiger partial charge is 0.457 e. The highest BCUT2D eigenvalue weighted by Gasteiger charge is 2.30. The fourth-order valence-corrected chi connectivity index (χ4v) is 6.27. The second kappa shape index (κ2) is 10.8. The van der Waals surface area contributed by atoms with Crippen molar-refractivity contribution in [3.05, 3.63) is 95.4 Å². The average Bonchev–Trinajstić information content (AvgIpc) is 2.92. The van der Waals surface area contributed by atoms with Gasteiger partial charge in [0.15, 0.2) is 0 Å². The molecule has 0 bridgehead atoms. The molecule has 0 aliphatic carbocycles. The van der Waals surface area contributed by atoms with Gasteiger partial charge in [0.1, 0.15) is 22.9 Å². The van der Waals surface area contributed by atoms with Crippen LogP contribution in [0.3, 0.4) is 0 Å². The molecule has 2 heterocycles. The van der Waals surface area contributed by atoms with Gasteiger partial charge in [-0.05, 0) is 61.2 Å². The Bertz CT molecular complexity index is 1610. The maximum atomic E-state index is 13.6. The smallest absolute Gasteiger partial charge is 0.258 e. The summed E-state index contributed by atoms with van der Waals surface area (Å²) in [6.45, 7) is 2.65. The van der Waals surface area contributed by atoms with Crippen LogP contribution in [0.2, 0.25) is 0 Å². The van der Waals surface area contributed by atoms with Gasteiger partial charge >= 0.3 is 0 Å². The van der Waals surface area contributed by atoms with E-state index in [0.29, 0.717) is 41.6 Å². The minimum Gasteiger partial charge on any atom is -0.457 e. The van der Waals surface area contributed by atoms with Crippen LogP contribution in [0, 0.1) is 5.92 Å². The number of anilines is 1. The molecular weight excluding hydrogens is 502 g/mol. The van der Waals surface area contributed by atoms with E-state index in [1.165, 1.54) is 15.1 Å². The lowest BCUT2D eigenvalue weighted by Gasteiger charge is -2.30. The average molecular weight is 532 g/mol. The number of fused-ring (bicyclic) bond motifs is 1. The summed E-state index contributed by atoms with van der Waals surface area (Å²) in [6, 6.07) is 22.8. The number of aromatic nitrogens is 1. The molecule has 4 aromatic rings. The number of benzene rings is 3. The second-order valence-corrected chi connectivity index (χ2v) is 11.5. The molecule has 0 radical (unpaired) electrons. The molecule has 3 aromatic carbocycles. The Morgan fingerprint density at radius 2 is 1.50 bits per heavy atom. The Hall–Kier alpha value is -3.95. The van der Waals surface area contributed by atoms with Crippen LogP contribution in [0.15, 0.2) is 94.7 Å². The maximum Gasteiger partial charge on any atom is 0.258 e. The third kappa shape index (κ3) is 5.49. The predicted octanol–water partition coefficient (Wildman–Crippen LogP) is 4.85. The number of sulfonamides is 1. The minimum absolute atomic E-state index is 0.0393. The number of carbonyl (C=O) groups is 1. The monoisotopic (exact) mass is 531 g/mol. The molecule has 0 spiro atoms. The van der Waals surface area contributed by atoms with Gasteiger partial charge in [-0.1, -0.05) is 43.3 Å². The molecule has 1 amide bonds. The molecule has 8 nitrogen and oxygen atoms in total. The summed E-state index contributed by atoms with van der Waals surface area (Å²) in [4.78, 5) is 26.1. The molecule has 1 saturated heterocycles. The number of para-hydroxylation sites is 1. The van der Waals surface area contributed by atoms with E-state index < -0.39 is 21.5 Å². The first-order chi connectivity index (χ1) is 18.3. The number of nitrogens with one attached hydrogen (secondary N) is 1. The summed E-state index contributed by atoms with van der Waals surface area (Å²) in [5.74, 6) is 1.33. The number of ether oxygens (including phenoxy) is 1. The van der Waals surface area contributed by atoms with Gasteiger partial charge in [-0.2, -0.15) is 4.31 Å². The second-order valence-electron chi connectivity index (χ2n) is 9.55. The van der Waals surface area contributed by atoms with Crippen molar-refractivity contribution >= 4 is 32.4 Å². The van der Waals surface area contributed by atoms with Crippen LogP contribution in [0.5, 0.6) is 11.5 Å². The Morgan fingerprint density at radius 3 is 2.18 bits per heavy atom. The third-order valence-corrected chi connectivity index (χ3v) is 8.67. The number of piperidine rings is 1. The molecule has 0 atom stereocenters. The van der Waals surface area contributed by atoms with Crippen molar-refractivity contribution in [1.29, 1.82) is 0 Å². The summed E-state index contributed by atoms with van der Waals surface area (Å²) >= 11 is 0. The zero-order valence-corrected chi connectivity index (χ0v) is 21.9. The fraction of sp³-hybridized carbons (Fsp3) is 0.241. The molecule has 196 valence electrons. The van der Waals surface area contributed by atoms with E-state index in [0.717, 1.165) is 12.8 Å². The molecular formula is C29H29N3O5S. The Morgan fingerprint density at radius 1 is 0.895 bits per heavy atom. The third-order valence-electron chi connectivity index (χ3n) is 6.75. The molecule has 9 heteroatoms. The normalized spacial score (nSPS) is 14.9. The Kier molecular flexibility index (Phi) is 7.31. The van der Waals surface area contributed by atoms with Gasteiger partial charge < -0.3 is 14.6 Å². The summed E-state index contributed by atoms with van der Waals surface area (Å²) in [5, 5.41) is 3.39. The lowest BCUT2D eigenvalue weighted by molar-refractivity contribution is -0.116. The summed E-state index contributed by atoms with van der Waals surface area (Å²) < 4.78 is 35.6. The van der Waals surface area contributed by atoms with E-state index in [1.807, 2.05) is 30.3 Å². The highest BCUT2D eigenvalue weighted by molar-refractivity contribution is 7.89. The number of hydrogen-bond acceptors (Lipinski definition) is 5. The first kappa shape index (κ1) is 25.7. The van der Waals surface area contributed by atoms with Crippen molar-refractivity contribution < 1.29 is 17.9 Å². The van der Waals surface area contributed by atoms with Crippen LogP contribution in [0.25, 0.3) is 10.8 Å². The number of amides is 1. The fourth-order valence-electron chi connectivity index (χ4n) is 4.58. The van der Waals surface area contributed by atoms with Gasteiger partial charge in [0.05, 0.1) is 0 Å². The molecule has 5 rings (SSSR count). The van der Waals surface area contributed by atoms with Gasteiger partial charge in [-0.3, -0.25) is 9.59 Å². The molecule has 0 unspecified atom stereocenters. The zero-order valence-electron chi connectivity index (χ0n) is 21.0. The van der Waals surface area contributed by atoms with E-state index in [2.05, 4.69) is 12.2 Å². The summed E-state index contributed by atoms with van der Waals surface area (Å²) in [6.07, 6.45) is 2.87. The lowest BCUT2D eigenvalue weighted by Crippen LogP contribution is -2.38. The standard InChI is InChI=1S/C29H29N3O5S/c1-21-15-17-32(18-16-21)38(35,36)27-19-31(29(34)26-10-6-5-9-25(26)27)20-28(33)30-22-11-13-24(14-12-22)37-23-7-3-2-4-8-23/h2-14,19,21H,15-18,20H2,1H3,(H,30,33). The van der Waals surface area contributed by atoms with Gasteiger partial charge in [-0.25, -0.2) is 8.42 Å². The quantitative estimate of drug-likeness (QED) is 0.368. The zero-order chi connectivity index (χ0) is 26.7. The predicted molar refractivity (Wildman–Crippen MR) is 147 cm³/mol. The van der Waals surface area contributed by atoms with Crippen LogP contribution >= 0.6 is 0 Å². The van der Waals surface area contributed by atoms with Crippen molar-refractivity contribution in [3.8, 4) is 11.5 Å². The highest BCUT2D eigenvalue weighted by atomic mass is 32.2. The molecule has 1 fully saturated rings. The van der Waals surface area contributed by atoms with Gasteiger partial charge in [0.25, 0.3) is 5.56 Å². The van der Waals surface area contributed by atoms with Crippen LogP contribution in [-0.4, -0.2) is 36.3 Å². The molecule has 0 saturated carbocycles. The first-order valence-electron chi connectivity index (χ1n) is 12.6. The van der Waals surface area contributed by atoms with E-state index >= 15 is 0 Å². The first-order valence-corrected chi connectivity index (χ1v) is 14.0. The SMILES string of the molecule is CC1CCN(S(=O)(=O)c2cn(CC(=O)Nc3ccc(Oc4ccccc4)cc3)c(=O)c3ccccc23)CC1. The molecule has 1 N–H and O–H groups in total. The van der Waals surface area contributed by atoms with E-state index in [9.17, 15) is 18.0 Å². The number of nitrogens with zero attached hydrogens (tertiary/aromatic N) is 2. The number of pyridine rings is 1. The number of carbonyl (C=O) groups excluding carboxylic acids is 1. The van der Waals surface area contributed by atoms with Crippen molar-refractivity contribution in [1.82, 2.24) is 8.87 Å². The Balaban J connectivity index is 1.37. The minimum atomic E-state index is -3.85. The van der Waals surface area contributed by atoms with Crippen molar-refractivity contribution in [2.24, 2.45) is 5.92 Å². The van der Waals surface area contributed by atoms with Crippen molar-refractivity contribution in [3.63, 3.8) is 0 Å².